The summed E-state index contributed by atoms with van der Waals surface area (Å²) in [5.41, 5.74) is 12.4. The van der Waals surface area contributed by atoms with Gasteiger partial charge in [0.15, 0.2) is 0 Å². The molecule has 5 aromatic heterocycles. The van der Waals surface area contributed by atoms with E-state index in [2.05, 4.69) is 139 Å². The van der Waals surface area contributed by atoms with Gasteiger partial charge in [0.1, 0.15) is 11.5 Å². The maximum absolute atomic E-state index is 6.47. The van der Waals surface area contributed by atoms with Gasteiger partial charge in [0.25, 0.3) is 0 Å². The molecule has 5 heterocycles. The number of benzene rings is 4. The average molecular weight is 711 g/mol. The molecule has 55 heavy (non-hydrogen) atoms. The third-order valence-corrected chi connectivity index (χ3v) is 9.47. The van der Waals surface area contributed by atoms with Gasteiger partial charge in [0.05, 0.1) is 0 Å². The monoisotopic (exact) mass is 710 g/mol. The van der Waals surface area contributed by atoms with Crippen LogP contribution in [0.3, 0.4) is 0 Å². The van der Waals surface area contributed by atoms with E-state index in [0.29, 0.717) is 0 Å². The summed E-state index contributed by atoms with van der Waals surface area (Å²) >= 11 is 0. The molecule has 0 bridgehead atoms. The van der Waals surface area contributed by atoms with Crippen molar-refractivity contribution < 1.29 is 4.42 Å². The van der Waals surface area contributed by atoms with Crippen LogP contribution in [0, 0.1) is 0 Å². The van der Waals surface area contributed by atoms with E-state index >= 15 is 0 Å². The average Bonchev–Trinajstić information content (AvgIpc) is 3.77. The summed E-state index contributed by atoms with van der Waals surface area (Å²) in [4.78, 5) is 21.6. The van der Waals surface area contributed by atoms with Crippen molar-refractivity contribution in [1.29, 1.82) is 0 Å². The smallest absolute Gasteiger partial charge is 0.134 e. The lowest BCUT2D eigenvalue weighted by Gasteiger charge is -2.26. The lowest BCUT2D eigenvalue weighted by Crippen LogP contribution is -2.10. The molecule has 9 rings (SSSR count). The van der Waals surface area contributed by atoms with Gasteiger partial charge in [-0.25, -0.2) is 0 Å². The number of hydrogen-bond donors (Lipinski definition) is 0. The normalized spacial score (nSPS) is 10.9. The molecule has 0 spiro atoms. The Hall–Kier alpha value is -7.64. The Balaban J connectivity index is 0.988. The van der Waals surface area contributed by atoms with Crippen LogP contribution in [0.1, 0.15) is 0 Å². The van der Waals surface area contributed by atoms with Gasteiger partial charge in [-0.1, -0.05) is 36.4 Å². The molecular formula is C48H34N6O. The van der Waals surface area contributed by atoms with Crippen molar-refractivity contribution in [1.82, 2.24) is 19.9 Å². The molecule has 0 N–H and O–H groups in total. The lowest BCUT2D eigenvalue weighted by molar-refractivity contribution is 0.597. The molecule has 262 valence electrons. The predicted octanol–water partition coefficient (Wildman–Crippen LogP) is 12.5. The number of aromatic nitrogens is 4. The number of nitrogens with zero attached hydrogens (tertiary/aromatic N) is 6. The molecule has 0 amide bonds. The minimum absolute atomic E-state index is 0.797. The Morgan fingerprint density at radius 2 is 0.691 bits per heavy atom. The van der Waals surface area contributed by atoms with Crippen LogP contribution in [-0.2, 0) is 0 Å². The largest absolute Gasteiger partial charge is 0.456 e. The van der Waals surface area contributed by atoms with Crippen molar-refractivity contribution in [3.05, 3.63) is 207 Å². The van der Waals surface area contributed by atoms with E-state index in [1.165, 1.54) is 0 Å². The van der Waals surface area contributed by atoms with Crippen molar-refractivity contribution in [2.45, 2.75) is 0 Å². The van der Waals surface area contributed by atoms with Crippen molar-refractivity contribution in [3.63, 3.8) is 0 Å². The third kappa shape index (κ3) is 7.10. The zero-order chi connectivity index (χ0) is 36.8. The van der Waals surface area contributed by atoms with Crippen LogP contribution in [0.25, 0.3) is 44.9 Å². The van der Waals surface area contributed by atoms with E-state index in [9.17, 15) is 0 Å². The molecule has 9 aromatic rings. The summed E-state index contributed by atoms with van der Waals surface area (Å²) in [5.74, 6) is 1.59. The zero-order valence-electron chi connectivity index (χ0n) is 29.7. The lowest BCUT2D eigenvalue weighted by atomic mass is 10.1. The van der Waals surface area contributed by atoms with Crippen LogP contribution >= 0.6 is 0 Å². The van der Waals surface area contributed by atoms with E-state index in [4.69, 9.17) is 4.42 Å². The molecule has 0 atom stereocenters. The molecule has 4 aromatic carbocycles. The van der Waals surface area contributed by atoms with Crippen LogP contribution < -0.4 is 9.80 Å². The van der Waals surface area contributed by atoms with Gasteiger partial charge in [-0.05, 0) is 132 Å². The van der Waals surface area contributed by atoms with E-state index in [-0.39, 0.29) is 0 Å². The summed E-state index contributed by atoms with van der Waals surface area (Å²) in [6, 6.07) is 54.1. The highest BCUT2D eigenvalue weighted by molar-refractivity contribution is 5.82. The quantitative estimate of drug-likeness (QED) is 0.140. The molecule has 0 radical (unpaired) electrons. The molecule has 0 saturated heterocycles. The second kappa shape index (κ2) is 15.1. The van der Waals surface area contributed by atoms with Gasteiger partial charge in [-0.2, -0.15) is 0 Å². The Morgan fingerprint density at radius 1 is 0.291 bits per heavy atom. The standard InChI is InChI=1S/C48H34N6O/c1-5-37(39-7-3-25-51-33-39)31-45(9-1)53(43-21-27-49-28-22-43)41-15-11-35(12-16-41)47-19-20-48(55-47)36-13-17-42(18-14-36)54(44-23-29-50-30-24-44)46-10-2-6-38(32-46)40-8-4-26-52-34-40/h1-34H. The first kappa shape index (κ1) is 33.2. The molecule has 0 aliphatic heterocycles. The van der Waals surface area contributed by atoms with E-state index in [0.717, 1.165) is 79.0 Å². The predicted molar refractivity (Wildman–Crippen MR) is 221 cm³/mol. The van der Waals surface area contributed by atoms with Crippen LogP contribution in [0.4, 0.5) is 34.1 Å². The van der Waals surface area contributed by atoms with E-state index < -0.39 is 0 Å². The Bertz CT molecular complexity index is 2450. The number of furan rings is 1. The maximum atomic E-state index is 6.47. The summed E-state index contributed by atoms with van der Waals surface area (Å²) in [5, 5.41) is 0. The van der Waals surface area contributed by atoms with Gasteiger partial charge >= 0.3 is 0 Å². The second-order valence-corrected chi connectivity index (χ2v) is 12.9. The fourth-order valence-corrected chi connectivity index (χ4v) is 6.79. The minimum Gasteiger partial charge on any atom is -0.456 e. The van der Waals surface area contributed by atoms with Crippen LogP contribution in [0.5, 0.6) is 0 Å². The topological polar surface area (TPSA) is 71.2 Å². The van der Waals surface area contributed by atoms with Gasteiger partial charge in [-0.15, -0.1) is 0 Å². The van der Waals surface area contributed by atoms with Crippen molar-refractivity contribution in [2.75, 3.05) is 9.80 Å². The summed E-state index contributed by atoms with van der Waals surface area (Å²) < 4.78 is 6.47. The minimum atomic E-state index is 0.797. The van der Waals surface area contributed by atoms with Gasteiger partial charge in [0.2, 0.25) is 0 Å². The van der Waals surface area contributed by atoms with Gasteiger partial charge in [0, 0.05) is 106 Å². The van der Waals surface area contributed by atoms with Crippen molar-refractivity contribution >= 4 is 34.1 Å². The van der Waals surface area contributed by atoms with Crippen molar-refractivity contribution in [3.8, 4) is 44.9 Å². The number of hydrogen-bond acceptors (Lipinski definition) is 7. The molecule has 0 fully saturated rings. The molecule has 0 unspecified atom stereocenters. The number of anilines is 6. The first-order valence-corrected chi connectivity index (χ1v) is 18.0. The SMILES string of the molecule is c1cncc(-c2cccc(N(c3ccncc3)c3ccc(-c4ccc(-c5ccc(N(c6ccncc6)c6cccc(-c7cccnc7)c6)cc5)o4)cc3)c2)c1. The molecule has 0 saturated carbocycles. The van der Waals surface area contributed by atoms with E-state index in [1.807, 2.05) is 85.7 Å². The van der Waals surface area contributed by atoms with Gasteiger partial charge < -0.3 is 14.2 Å². The third-order valence-electron chi connectivity index (χ3n) is 9.47. The Morgan fingerprint density at radius 3 is 1.09 bits per heavy atom. The van der Waals surface area contributed by atoms with Crippen LogP contribution in [-0.4, -0.2) is 19.9 Å². The molecular weight excluding hydrogens is 677 g/mol. The highest BCUT2D eigenvalue weighted by Gasteiger charge is 2.17. The molecule has 7 heteroatoms. The highest BCUT2D eigenvalue weighted by atomic mass is 16.3. The van der Waals surface area contributed by atoms with Crippen LogP contribution in [0.15, 0.2) is 212 Å². The van der Waals surface area contributed by atoms with Crippen molar-refractivity contribution in [2.24, 2.45) is 0 Å². The van der Waals surface area contributed by atoms with Crippen LogP contribution in [0.2, 0.25) is 0 Å². The van der Waals surface area contributed by atoms with E-state index in [1.54, 1.807) is 12.4 Å². The number of pyridine rings is 4. The summed E-state index contributed by atoms with van der Waals surface area (Å²) in [6.07, 6.45) is 14.6. The fourth-order valence-electron chi connectivity index (χ4n) is 6.79. The Kier molecular flexibility index (Phi) is 9.15. The molecule has 7 nitrogen and oxygen atoms in total. The summed E-state index contributed by atoms with van der Waals surface area (Å²) in [7, 11) is 0. The molecule has 0 aliphatic rings. The Labute approximate surface area is 319 Å². The van der Waals surface area contributed by atoms with Gasteiger partial charge in [-0.3, -0.25) is 19.9 Å². The first-order valence-electron chi connectivity index (χ1n) is 18.0. The highest BCUT2D eigenvalue weighted by Crippen LogP contribution is 2.40. The summed E-state index contributed by atoms with van der Waals surface area (Å²) in [6.45, 7) is 0. The maximum Gasteiger partial charge on any atom is 0.134 e. The molecule has 0 aliphatic carbocycles. The second-order valence-electron chi connectivity index (χ2n) is 12.9. The fraction of sp³-hybridized carbons (Fsp3) is 0. The zero-order valence-corrected chi connectivity index (χ0v) is 29.7. The first-order chi connectivity index (χ1) is 27.3. The number of rotatable bonds is 10.